The van der Waals surface area contributed by atoms with Crippen LogP contribution in [0.1, 0.15) is 32.3 Å². The van der Waals surface area contributed by atoms with Gasteiger partial charge in [0.1, 0.15) is 0 Å². The van der Waals surface area contributed by atoms with Crippen LogP contribution >= 0.6 is 12.4 Å². The first-order chi connectivity index (χ1) is 7.66. The van der Waals surface area contributed by atoms with E-state index in [-0.39, 0.29) is 12.4 Å². The van der Waals surface area contributed by atoms with Crippen molar-refractivity contribution in [1.82, 2.24) is 4.90 Å². The number of halogens is 1. The number of hydrogen-bond acceptors (Lipinski definition) is 2. The number of piperidine rings is 1. The van der Waals surface area contributed by atoms with Crippen molar-refractivity contribution < 1.29 is 0 Å². The number of rotatable bonds is 2. The maximum atomic E-state index is 5.81. The molecular weight excluding hydrogens is 232 g/mol. The molecule has 0 amide bonds. The fourth-order valence-electron chi connectivity index (χ4n) is 2.57. The third-order valence-corrected chi connectivity index (χ3v) is 3.84. The third-order valence-electron chi connectivity index (χ3n) is 3.84. The number of nitrogen functional groups attached to an aromatic ring is 1. The Kier molecular flexibility index (Phi) is 5.29. The highest BCUT2D eigenvalue weighted by molar-refractivity contribution is 5.85. The van der Waals surface area contributed by atoms with Gasteiger partial charge in [-0.05, 0) is 49.9 Å². The summed E-state index contributed by atoms with van der Waals surface area (Å²) < 4.78 is 0. The van der Waals surface area contributed by atoms with Crippen LogP contribution in [0.2, 0.25) is 0 Å². The second-order valence-electron chi connectivity index (χ2n) is 5.08. The molecule has 2 rings (SSSR count). The lowest BCUT2D eigenvalue weighted by atomic mass is 9.92. The van der Waals surface area contributed by atoms with E-state index in [1.807, 2.05) is 12.1 Å². The first-order valence-corrected chi connectivity index (χ1v) is 6.25. The summed E-state index contributed by atoms with van der Waals surface area (Å²) in [6.07, 6.45) is 2.70. The van der Waals surface area contributed by atoms with E-state index in [1.165, 1.54) is 24.9 Å². The van der Waals surface area contributed by atoms with Crippen LogP contribution in [0.3, 0.4) is 0 Å². The summed E-state index contributed by atoms with van der Waals surface area (Å²) in [4.78, 5) is 2.57. The van der Waals surface area contributed by atoms with Crippen molar-refractivity contribution in [3.8, 4) is 0 Å². The quantitative estimate of drug-likeness (QED) is 0.821. The highest BCUT2D eigenvalue weighted by Crippen LogP contribution is 2.24. The van der Waals surface area contributed by atoms with E-state index >= 15 is 0 Å². The summed E-state index contributed by atoms with van der Waals surface area (Å²) in [5.41, 5.74) is 8.01. The molecule has 0 saturated carbocycles. The van der Waals surface area contributed by atoms with Gasteiger partial charge >= 0.3 is 0 Å². The maximum absolute atomic E-state index is 5.81. The summed E-state index contributed by atoms with van der Waals surface area (Å²) in [7, 11) is 0. The zero-order valence-corrected chi connectivity index (χ0v) is 11.5. The lowest BCUT2D eigenvalue weighted by Gasteiger charge is -2.38. The van der Waals surface area contributed by atoms with Crippen molar-refractivity contribution in [3.05, 3.63) is 29.8 Å². The smallest absolute Gasteiger partial charge is 0.0317 e. The standard InChI is InChI=1S/C14H22N2.ClH/c1-11-5-4-8-16(12(11)2)10-13-6-3-7-14(15)9-13;/h3,6-7,9,11-12H,4-5,8,10,15H2,1-2H3;1H. The molecule has 2 atom stereocenters. The zero-order chi connectivity index (χ0) is 11.5. The molecule has 1 aromatic rings. The predicted molar refractivity (Wildman–Crippen MR) is 76.4 cm³/mol. The molecule has 3 heteroatoms. The topological polar surface area (TPSA) is 29.3 Å². The van der Waals surface area contributed by atoms with Crippen LogP contribution in [0.15, 0.2) is 24.3 Å². The van der Waals surface area contributed by atoms with Gasteiger partial charge in [0.25, 0.3) is 0 Å². The van der Waals surface area contributed by atoms with Gasteiger partial charge in [-0.3, -0.25) is 4.90 Å². The van der Waals surface area contributed by atoms with Gasteiger partial charge in [-0.1, -0.05) is 19.1 Å². The summed E-state index contributed by atoms with van der Waals surface area (Å²) in [5, 5.41) is 0. The lowest BCUT2D eigenvalue weighted by Crippen LogP contribution is -2.41. The molecule has 0 aromatic heterocycles. The molecule has 2 nitrogen and oxygen atoms in total. The number of likely N-dealkylation sites (tertiary alicyclic amines) is 1. The summed E-state index contributed by atoms with van der Waals surface area (Å²) in [6, 6.07) is 8.94. The Morgan fingerprint density at radius 2 is 2.12 bits per heavy atom. The lowest BCUT2D eigenvalue weighted by molar-refractivity contribution is 0.106. The molecule has 96 valence electrons. The number of benzene rings is 1. The maximum Gasteiger partial charge on any atom is 0.0317 e. The summed E-state index contributed by atoms with van der Waals surface area (Å²) in [6.45, 7) is 6.96. The second-order valence-corrected chi connectivity index (χ2v) is 5.08. The molecule has 1 fully saturated rings. The van der Waals surface area contributed by atoms with Crippen molar-refractivity contribution >= 4 is 18.1 Å². The third kappa shape index (κ3) is 3.62. The van der Waals surface area contributed by atoms with Crippen LogP contribution in [0.5, 0.6) is 0 Å². The van der Waals surface area contributed by atoms with E-state index in [2.05, 4.69) is 30.9 Å². The van der Waals surface area contributed by atoms with E-state index in [4.69, 9.17) is 5.73 Å². The van der Waals surface area contributed by atoms with Crippen LogP contribution in [0.4, 0.5) is 5.69 Å². The average Bonchev–Trinajstić information content (AvgIpc) is 2.25. The number of nitrogens with zero attached hydrogens (tertiary/aromatic N) is 1. The van der Waals surface area contributed by atoms with Gasteiger partial charge in [0, 0.05) is 18.3 Å². The zero-order valence-electron chi connectivity index (χ0n) is 10.7. The molecule has 1 saturated heterocycles. The Morgan fingerprint density at radius 1 is 1.35 bits per heavy atom. The number of hydrogen-bond donors (Lipinski definition) is 1. The Bertz CT molecular complexity index is 354. The van der Waals surface area contributed by atoms with Gasteiger partial charge in [-0.2, -0.15) is 0 Å². The highest BCUT2D eigenvalue weighted by Gasteiger charge is 2.24. The second kappa shape index (κ2) is 6.27. The van der Waals surface area contributed by atoms with Gasteiger partial charge < -0.3 is 5.73 Å². The molecule has 17 heavy (non-hydrogen) atoms. The van der Waals surface area contributed by atoms with Gasteiger partial charge in [0.05, 0.1) is 0 Å². The Hall–Kier alpha value is -0.730. The van der Waals surface area contributed by atoms with E-state index in [0.717, 1.165) is 18.2 Å². The molecule has 1 heterocycles. The fourth-order valence-corrected chi connectivity index (χ4v) is 2.57. The number of anilines is 1. The van der Waals surface area contributed by atoms with Crippen LogP contribution in [-0.4, -0.2) is 17.5 Å². The molecule has 0 radical (unpaired) electrons. The minimum Gasteiger partial charge on any atom is -0.399 e. The minimum atomic E-state index is 0. The van der Waals surface area contributed by atoms with E-state index < -0.39 is 0 Å². The molecule has 0 spiro atoms. The van der Waals surface area contributed by atoms with Crippen molar-refractivity contribution in [2.75, 3.05) is 12.3 Å². The van der Waals surface area contributed by atoms with Crippen LogP contribution < -0.4 is 5.73 Å². The molecule has 0 bridgehead atoms. The highest BCUT2D eigenvalue weighted by atomic mass is 35.5. The van der Waals surface area contributed by atoms with Crippen molar-refractivity contribution in [2.45, 2.75) is 39.3 Å². The van der Waals surface area contributed by atoms with Crippen LogP contribution in [-0.2, 0) is 6.54 Å². The van der Waals surface area contributed by atoms with E-state index in [9.17, 15) is 0 Å². The predicted octanol–water partition coefficient (Wildman–Crippen LogP) is 3.31. The molecule has 2 unspecified atom stereocenters. The minimum absolute atomic E-state index is 0. The summed E-state index contributed by atoms with van der Waals surface area (Å²) in [5.74, 6) is 0.815. The normalized spacial score (nSPS) is 25.3. The van der Waals surface area contributed by atoms with Crippen LogP contribution in [0, 0.1) is 5.92 Å². The Morgan fingerprint density at radius 3 is 2.82 bits per heavy atom. The largest absolute Gasteiger partial charge is 0.399 e. The number of nitrogens with two attached hydrogens (primary N) is 1. The van der Waals surface area contributed by atoms with Gasteiger partial charge in [0.15, 0.2) is 0 Å². The van der Waals surface area contributed by atoms with Crippen molar-refractivity contribution in [3.63, 3.8) is 0 Å². The van der Waals surface area contributed by atoms with E-state index in [0.29, 0.717) is 6.04 Å². The molecule has 0 aliphatic carbocycles. The molecular formula is C14H23ClN2. The van der Waals surface area contributed by atoms with Gasteiger partial charge in [0.2, 0.25) is 0 Å². The van der Waals surface area contributed by atoms with Crippen LogP contribution in [0.25, 0.3) is 0 Å². The van der Waals surface area contributed by atoms with Gasteiger partial charge in [-0.25, -0.2) is 0 Å². The molecule has 1 aromatic carbocycles. The molecule has 2 N–H and O–H groups in total. The molecule has 1 aliphatic rings. The van der Waals surface area contributed by atoms with E-state index in [1.54, 1.807) is 0 Å². The Balaban J connectivity index is 0.00000144. The average molecular weight is 255 g/mol. The monoisotopic (exact) mass is 254 g/mol. The first kappa shape index (κ1) is 14.3. The fraction of sp³-hybridized carbons (Fsp3) is 0.571. The van der Waals surface area contributed by atoms with Gasteiger partial charge in [-0.15, -0.1) is 12.4 Å². The molecule has 1 aliphatic heterocycles. The first-order valence-electron chi connectivity index (χ1n) is 6.25. The SMILES string of the molecule is CC1CCCN(Cc2cccc(N)c2)C1C.Cl. The van der Waals surface area contributed by atoms with Crippen molar-refractivity contribution in [2.24, 2.45) is 5.92 Å². The van der Waals surface area contributed by atoms with Crippen molar-refractivity contribution in [1.29, 1.82) is 0 Å². The summed E-state index contributed by atoms with van der Waals surface area (Å²) >= 11 is 0. The Labute approximate surface area is 111 Å².